The van der Waals surface area contributed by atoms with Gasteiger partial charge in [0.25, 0.3) is 5.69 Å². The van der Waals surface area contributed by atoms with E-state index in [0.717, 1.165) is 5.69 Å². The van der Waals surface area contributed by atoms with Gasteiger partial charge in [-0.25, -0.2) is 5.43 Å². The minimum Gasteiger partial charge on any atom is -0.507 e. The molecular formula is C22H17BrN8O4. The van der Waals surface area contributed by atoms with Crippen molar-refractivity contribution in [1.29, 1.82) is 0 Å². The lowest BCUT2D eigenvalue weighted by atomic mass is 10.2. The number of nitrogens with one attached hydrogen (secondary N) is 3. The zero-order valence-corrected chi connectivity index (χ0v) is 19.3. The van der Waals surface area contributed by atoms with Gasteiger partial charge in [0.15, 0.2) is 0 Å². The smallest absolute Gasteiger partial charge is 0.269 e. The van der Waals surface area contributed by atoms with E-state index in [0.29, 0.717) is 15.7 Å². The molecule has 0 amide bonds. The number of aromatic nitrogens is 3. The molecule has 0 aliphatic carbocycles. The summed E-state index contributed by atoms with van der Waals surface area (Å²) in [6.07, 6.45) is 1.33. The molecule has 176 valence electrons. The van der Waals surface area contributed by atoms with Gasteiger partial charge in [-0.3, -0.25) is 10.1 Å². The minimum atomic E-state index is -0.487. The standard InChI is InChI=1S/C22H17BrN8O4/c23-17-10-13(18(32)11-19(17)33)12-24-30-22-28-20(25-14-4-2-1-3-5-14)27-21(29-22)26-15-6-8-16(9-7-15)31(34)35/h1-12,32-33H,(H3,25,26,27,28,29,30)/b24-12+. The van der Waals surface area contributed by atoms with Crippen LogP contribution in [0.15, 0.2) is 76.3 Å². The van der Waals surface area contributed by atoms with E-state index >= 15 is 0 Å². The van der Waals surface area contributed by atoms with E-state index in [1.807, 2.05) is 30.3 Å². The van der Waals surface area contributed by atoms with Crippen molar-refractivity contribution in [3.63, 3.8) is 0 Å². The molecule has 0 atom stereocenters. The van der Waals surface area contributed by atoms with Crippen LogP contribution in [-0.4, -0.2) is 36.3 Å². The van der Waals surface area contributed by atoms with Gasteiger partial charge in [-0.2, -0.15) is 20.1 Å². The maximum absolute atomic E-state index is 10.9. The van der Waals surface area contributed by atoms with E-state index in [9.17, 15) is 20.3 Å². The number of phenols is 2. The van der Waals surface area contributed by atoms with Gasteiger partial charge in [0.1, 0.15) is 11.5 Å². The Hall–Kier alpha value is -4.78. The molecule has 4 aromatic rings. The largest absolute Gasteiger partial charge is 0.507 e. The number of phenolic OH excluding ortho intramolecular Hbond substituents is 2. The van der Waals surface area contributed by atoms with E-state index < -0.39 is 4.92 Å². The highest BCUT2D eigenvalue weighted by atomic mass is 79.9. The summed E-state index contributed by atoms with van der Waals surface area (Å²) in [4.78, 5) is 23.3. The van der Waals surface area contributed by atoms with Gasteiger partial charge in [-0.1, -0.05) is 18.2 Å². The number of hydrogen-bond acceptors (Lipinski definition) is 11. The third-order valence-corrected chi connectivity index (χ3v) is 5.10. The van der Waals surface area contributed by atoms with Crippen LogP contribution in [0.5, 0.6) is 11.5 Å². The van der Waals surface area contributed by atoms with Crippen LogP contribution in [0.2, 0.25) is 0 Å². The molecule has 35 heavy (non-hydrogen) atoms. The van der Waals surface area contributed by atoms with Gasteiger partial charge in [-0.15, -0.1) is 0 Å². The Bertz CT molecular complexity index is 1380. The number of aromatic hydroxyl groups is 2. The Morgan fingerprint density at radius 2 is 1.46 bits per heavy atom. The Morgan fingerprint density at radius 3 is 2.09 bits per heavy atom. The fourth-order valence-corrected chi connectivity index (χ4v) is 3.17. The van der Waals surface area contributed by atoms with E-state index in [1.54, 1.807) is 0 Å². The molecule has 4 rings (SSSR count). The lowest BCUT2D eigenvalue weighted by Gasteiger charge is -2.10. The number of nitro groups is 1. The van der Waals surface area contributed by atoms with Crippen LogP contribution < -0.4 is 16.1 Å². The lowest BCUT2D eigenvalue weighted by molar-refractivity contribution is -0.384. The van der Waals surface area contributed by atoms with Crippen LogP contribution in [0.4, 0.5) is 34.9 Å². The Balaban J connectivity index is 1.59. The van der Waals surface area contributed by atoms with Gasteiger partial charge in [0, 0.05) is 35.1 Å². The molecule has 0 spiro atoms. The molecule has 0 radical (unpaired) electrons. The number of hydrazone groups is 1. The summed E-state index contributed by atoms with van der Waals surface area (Å²) in [7, 11) is 0. The maximum atomic E-state index is 10.9. The first-order chi connectivity index (χ1) is 16.9. The average molecular weight is 537 g/mol. The SMILES string of the molecule is O=[N+]([O-])c1ccc(Nc2nc(N/N=C/c3cc(Br)c(O)cc3O)nc(Nc3ccccc3)n2)cc1. The summed E-state index contributed by atoms with van der Waals surface area (Å²) >= 11 is 3.18. The first-order valence-electron chi connectivity index (χ1n) is 9.97. The first-order valence-corrected chi connectivity index (χ1v) is 10.8. The number of anilines is 5. The highest BCUT2D eigenvalue weighted by molar-refractivity contribution is 9.10. The lowest BCUT2D eigenvalue weighted by Crippen LogP contribution is -2.07. The van der Waals surface area contributed by atoms with E-state index in [-0.39, 0.29) is 35.0 Å². The Morgan fingerprint density at radius 1 is 0.857 bits per heavy atom. The van der Waals surface area contributed by atoms with Gasteiger partial charge in [0.2, 0.25) is 17.8 Å². The van der Waals surface area contributed by atoms with E-state index in [1.165, 1.54) is 42.6 Å². The van der Waals surface area contributed by atoms with Gasteiger partial charge >= 0.3 is 0 Å². The summed E-state index contributed by atoms with van der Waals surface area (Å²) in [5.41, 5.74) is 4.25. The topological polar surface area (TPSA) is 171 Å². The third-order valence-electron chi connectivity index (χ3n) is 4.46. The molecule has 0 saturated heterocycles. The summed E-state index contributed by atoms with van der Waals surface area (Å²) in [5.74, 6) is 0.169. The second-order valence-electron chi connectivity index (χ2n) is 6.96. The van der Waals surface area contributed by atoms with E-state index in [2.05, 4.69) is 52.0 Å². The molecule has 0 bridgehead atoms. The van der Waals surface area contributed by atoms with Crippen molar-refractivity contribution in [3.05, 3.63) is 86.9 Å². The minimum absolute atomic E-state index is 0.0431. The van der Waals surface area contributed by atoms with Crippen molar-refractivity contribution in [2.24, 2.45) is 5.10 Å². The van der Waals surface area contributed by atoms with Crippen molar-refractivity contribution < 1.29 is 15.1 Å². The molecule has 0 unspecified atom stereocenters. The highest BCUT2D eigenvalue weighted by Crippen LogP contribution is 2.30. The highest BCUT2D eigenvalue weighted by Gasteiger charge is 2.10. The number of halogens is 1. The Kier molecular flexibility index (Phi) is 6.97. The molecule has 1 heterocycles. The van der Waals surface area contributed by atoms with Crippen LogP contribution >= 0.6 is 15.9 Å². The molecule has 5 N–H and O–H groups in total. The van der Waals surface area contributed by atoms with Crippen LogP contribution in [0.25, 0.3) is 0 Å². The molecule has 0 saturated carbocycles. The summed E-state index contributed by atoms with van der Waals surface area (Å²) < 4.78 is 0.390. The third kappa shape index (κ3) is 6.17. The van der Waals surface area contributed by atoms with Gasteiger partial charge in [-0.05, 0) is 46.3 Å². The number of nitrogens with zero attached hydrogens (tertiary/aromatic N) is 5. The van der Waals surface area contributed by atoms with Crippen LogP contribution in [0, 0.1) is 10.1 Å². The van der Waals surface area contributed by atoms with Crippen molar-refractivity contribution in [1.82, 2.24) is 15.0 Å². The predicted octanol–water partition coefficient (Wildman–Crippen LogP) is 4.89. The first kappa shape index (κ1) is 23.4. The second-order valence-corrected chi connectivity index (χ2v) is 7.81. The summed E-state index contributed by atoms with van der Waals surface area (Å²) in [6, 6.07) is 17.7. The van der Waals surface area contributed by atoms with Crippen molar-refractivity contribution in [2.45, 2.75) is 0 Å². The fraction of sp³-hybridized carbons (Fsp3) is 0. The predicted molar refractivity (Wildman–Crippen MR) is 135 cm³/mol. The van der Waals surface area contributed by atoms with Gasteiger partial charge in [0.05, 0.1) is 15.6 Å². The normalized spacial score (nSPS) is 10.8. The zero-order chi connectivity index (χ0) is 24.8. The molecule has 0 fully saturated rings. The van der Waals surface area contributed by atoms with Crippen LogP contribution in [0.1, 0.15) is 5.56 Å². The van der Waals surface area contributed by atoms with E-state index in [4.69, 9.17) is 0 Å². The average Bonchev–Trinajstić information content (AvgIpc) is 2.83. The molecule has 1 aromatic heterocycles. The maximum Gasteiger partial charge on any atom is 0.269 e. The fourth-order valence-electron chi connectivity index (χ4n) is 2.81. The Labute approximate surface area is 206 Å². The van der Waals surface area contributed by atoms with Gasteiger partial charge < -0.3 is 20.8 Å². The number of nitro benzene ring substituents is 1. The molecule has 0 aliphatic heterocycles. The number of benzene rings is 3. The quantitative estimate of drug-likeness (QED) is 0.118. The molecule has 12 nitrogen and oxygen atoms in total. The number of para-hydroxylation sites is 1. The molecule has 0 aliphatic rings. The number of rotatable bonds is 8. The summed E-state index contributed by atoms with van der Waals surface area (Å²) in [5, 5.41) is 40.6. The van der Waals surface area contributed by atoms with Crippen molar-refractivity contribution in [2.75, 3.05) is 16.1 Å². The zero-order valence-electron chi connectivity index (χ0n) is 17.8. The van der Waals surface area contributed by atoms with Crippen molar-refractivity contribution >= 4 is 57.1 Å². The monoisotopic (exact) mass is 536 g/mol. The van der Waals surface area contributed by atoms with Crippen LogP contribution in [0.3, 0.4) is 0 Å². The van der Waals surface area contributed by atoms with Crippen LogP contribution in [-0.2, 0) is 0 Å². The molecular weight excluding hydrogens is 520 g/mol. The number of hydrogen-bond donors (Lipinski definition) is 5. The molecule has 3 aromatic carbocycles. The second kappa shape index (κ2) is 10.4. The molecule has 13 heteroatoms. The number of non-ortho nitro benzene ring substituents is 1. The van der Waals surface area contributed by atoms with Crippen molar-refractivity contribution in [3.8, 4) is 11.5 Å². The summed E-state index contributed by atoms with van der Waals surface area (Å²) in [6.45, 7) is 0.